The van der Waals surface area contributed by atoms with Crippen molar-refractivity contribution in [1.82, 2.24) is 10.6 Å². The Morgan fingerprint density at radius 2 is 1.66 bits per heavy atom. The molecule has 7 nitrogen and oxygen atoms in total. The van der Waals surface area contributed by atoms with Gasteiger partial charge in [-0.15, -0.1) is 0 Å². The number of hydrogen-bond acceptors (Lipinski definition) is 5. The molecular formula is C22H37N3O4. The Morgan fingerprint density at radius 1 is 1.00 bits per heavy atom. The first-order valence-electron chi connectivity index (χ1n) is 10.2. The quantitative estimate of drug-likeness (QED) is 0.437. The van der Waals surface area contributed by atoms with Gasteiger partial charge in [0.15, 0.2) is 0 Å². The monoisotopic (exact) mass is 407 g/mol. The number of carbonyl (C=O) groups excluding carboxylic acids is 2. The van der Waals surface area contributed by atoms with Crippen LogP contribution in [0.3, 0.4) is 0 Å². The average molecular weight is 408 g/mol. The lowest BCUT2D eigenvalue weighted by molar-refractivity contribution is -0.127. The molecule has 7 heteroatoms. The van der Waals surface area contributed by atoms with Crippen LogP contribution in [0.5, 0.6) is 0 Å². The summed E-state index contributed by atoms with van der Waals surface area (Å²) in [4.78, 5) is 23.6. The topological polar surface area (TPSA) is 88.7 Å². The maximum Gasteiger partial charge on any atom is 0.250 e. The van der Waals surface area contributed by atoms with Crippen LogP contribution in [-0.4, -0.2) is 56.9 Å². The van der Waals surface area contributed by atoms with Crippen molar-refractivity contribution in [2.24, 2.45) is 5.92 Å². The summed E-state index contributed by atoms with van der Waals surface area (Å²) < 4.78 is 10.6. The largest absolute Gasteiger partial charge is 0.369 e. The lowest BCUT2D eigenvalue weighted by atomic mass is 10.0. The molecule has 29 heavy (non-hydrogen) atoms. The van der Waals surface area contributed by atoms with Crippen LogP contribution in [-0.2, 0) is 25.5 Å². The third kappa shape index (κ3) is 13.8. The molecule has 1 aromatic carbocycles. The molecule has 2 amide bonds. The fraction of sp³-hybridized carbons (Fsp3) is 0.636. The lowest BCUT2D eigenvalue weighted by Gasteiger charge is -2.20. The van der Waals surface area contributed by atoms with Gasteiger partial charge in [0.05, 0.1) is 13.2 Å². The minimum absolute atomic E-state index is 0.0201. The summed E-state index contributed by atoms with van der Waals surface area (Å²) >= 11 is 0. The van der Waals surface area contributed by atoms with E-state index in [1.54, 1.807) is 0 Å². The van der Waals surface area contributed by atoms with Gasteiger partial charge in [0.1, 0.15) is 13.2 Å². The van der Waals surface area contributed by atoms with Crippen LogP contribution in [0.1, 0.15) is 40.2 Å². The zero-order valence-corrected chi connectivity index (χ0v) is 18.5. The van der Waals surface area contributed by atoms with E-state index in [1.165, 1.54) is 5.56 Å². The summed E-state index contributed by atoms with van der Waals surface area (Å²) in [5.74, 6) is 0.182. The van der Waals surface area contributed by atoms with E-state index >= 15 is 0 Å². The van der Waals surface area contributed by atoms with Crippen LogP contribution >= 0.6 is 0 Å². The maximum atomic E-state index is 12.0. The molecule has 0 saturated carbocycles. The first-order chi connectivity index (χ1) is 13.7. The SMILES string of the molecule is CC(C)Cc1cccc(NC(=O)COCCOCC(=O)NCCNC(C)(C)C)c1. The van der Waals surface area contributed by atoms with Crippen LogP contribution in [0, 0.1) is 5.92 Å². The van der Waals surface area contributed by atoms with Gasteiger partial charge in [-0.25, -0.2) is 0 Å². The molecule has 0 saturated heterocycles. The average Bonchev–Trinajstić information content (AvgIpc) is 2.60. The Labute approximate surface area is 174 Å². The molecule has 0 unspecified atom stereocenters. The number of benzene rings is 1. The highest BCUT2D eigenvalue weighted by Gasteiger charge is 2.08. The highest BCUT2D eigenvalue weighted by Crippen LogP contribution is 2.14. The maximum absolute atomic E-state index is 12.0. The molecule has 1 aromatic rings. The number of ether oxygens (including phenoxy) is 2. The van der Waals surface area contributed by atoms with Gasteiger partial charge < -0.3 is 25.4 Å². The predicted octanol–water partition coefficient (Wildman–Crippen LogP) is 2.36. The molecule has 3 N–H and O–H groups in total. The van der Waals surface area contributed by atoms with E-state index in [4.69, 9.17) is 9.47 Å². The van der Waals surface area contributed by atoms with Crippen molar-refractivity contribution in [3.8, 4) is 0 Å². The smallest absolute Gasteiger partial charge is 0.250 e. The van der Waals surface area contributed by atoms with Gasteiger partial charge in [-0.05, 0) is 50.8 Å². The number of rotatable bonds is 13. The van der Waals surface area contributed by atoms with Crippen molar-refractivity contribution >= 4 is 17.5 Å². The van der Waals surface area contributed by atoms with E-state index in [1.807, 2.05) is 18.2 Å². The molecular weight excluding hydrogens is 370 g/mol. The Balaban J connectivity index is 2.08. The minimum Gasteiger partial charge on any atom is -0.369 e. The molecule has 164 valence electrons. The second kappa shape index (κ2) is 13.3. The predicted molar refractivity (Wildman–Crippen MR) is 116 cm³/mol. The van der Waals surface area contributed by atoms with E-state index in [2.05, 4.69) is 56.6 Å². The van der Waals surface area contributed by atoms with E-state index in [-0.39, 0.29) is 43.8 Å². The molecule has 0 radical (unpaired) electrons. The fourth-order valence-corrected chi connectivity index (χ4v) is 2.58. The molecule has 0 atom stereocenters. The van der Waals surface area contributed by atoms with Gasteiger partial charge in [-0.2, -0.15) is 0 Å². The fourth-order valence-electron chi connectivity index (χ4n) is 2.58. The third-order valence-corrected chi connectivity index (χ3v) is 3.80. The molecule has 0 aliphatic rings. The summed E-state index contributed by atoms with van der Waals surface area (Å²) in [6, 6.07) is 7.84. The number of amides is 2. The van der Waals surface area contributed by atoms with Gasteiger partial charge in [0.25, 0.3) is 0 Å². The molecule has 0 aromatic heterocycles. The number of nitrogens with one attached hydrogen (secondary N) is 3. The van der Waals surface area contributed by atoms with Gasteiger partial charge in [-0.1, -0.05) is 26.0 Å². The van der Waals surface area contributed by atoms with E-state index in [0.29, 0.717) is 19.0 Å². The van der Waals surface area contributed by atoms with Crippen molar-refractivity contribution in [3.05, 3.63) is 29.8 Å². The summed E-state index contributed by atoms with van der Waals surface area (Å²) in [6.07, 6.45) is 0.970. The van der Waals surface area contributed by atoms with Crippen molar-refractivity contribution in [3.63, 3.8) is 0 Å². The van der Waals surface area contributed by atoms with Gasteiger partial charge in [0.2, 0.25) is 11.8 Å². The molecule has 0 aliphatic heterocycles. The van der Waals surface area contributed by atoms with Crippen LogP contribution < -0.4 is 16.0 Å². The van der Waals surface area contributed by atoms with E-state index < -0.39 is 0 Å². The van der Waals surface area contributed by atoms with Crippen molar-refractivity contribution in [2.75, 3.05) is 44.8 Å². The summed E-state index contributed by atoms with van der Waals surface area (Å²) in [5, 5.41) is 8.89. The third-order valence-electron chi connectivity index (χ3n) is 3.80. The number of carbonyl (C=O) groups is 2. The molecule has 0 heterocycles. The first-order valence-corrected chi connectivity index (χ1v) is 10.2. The second-order valence-corrected chi connectivity index (χ2v) is 8.48. The van der Waals surface area contributed by atoms with Gasteiger partial charge >= 0.3 is 0 Å². The number of anilines is 1. The van der Waals surface area contributed by atoms with Crippen LogP contribution in [0.2, 0.25) is 0 Å². The van der Waals surface area contributed by atoms with E-state index in [0.717, 1.165) is 12.1 Å². The van der Waals surface area contributed by atoms with Crippen molar-refractivity contribution in [2.45, 2.75) is 46.6 Å². The normalized spacial score (nSPS) is 11.5. The zero-order valence-electron chi connectivity index (χ0n) is 18.5. The molecule has 1 rings (SSSR count). The van der Waals surface area contributed by atoms with Gasteiger partial charge in [-0.3, -0.25) is 9.59 Å². The summed E-state index contributed by atoms with van der Waals surface area (Å²) in [7, 11) is 0. The summed E-state index contributed by atoms with van der Waals surface area (Å²) in [5.41, 5.74) is 1.99. The van der Waals surface area contributed by atoms with Gasteiger partial charge in [0, 0.05) is 24.3 Å². The zero-order chi connectivity index (χ0) is 21.7. The number of hydrogen-bond donors (Lipinski definition) is 3. The highest BCUT2D eigenvalue weighted by molar-refractivity contribution is 5.91. The Kier molecular flexibility index (Phi) is 11.5. The van der Waals surface area contributed by atoms with Crippen LogP contribution in [0.25, 0.3) is 0 Å². The minimum atomic E-state index is -0.212. The Hall–Kier alpha value is -1.96. The summed E-state index contributed by atoms with van der Waals surface area (Å²) in [6.45, 7) is 12.2. The van der Waals surface area contributed by atoms with Crippen LogP contribution in [0.15, 0.2) is 24.3 Å². The van der Waals surface area contributed by atoms with E-state index in [9.17, 15) is 9.59 Å². The van der Waals surface area contributed by atoms with Crippen molar-refractivity contribution in [1.29, 1.82) is 0 Å². The van der Waals surface area contributed by atoms with Crippen LogP contribution in [0.4, 0.5) is 5.69 Å². The Bertz CT molecular complexity index is 627. The molecule has 0 fully saturated rings. The molecule has 0 bridgehead atoms. The second-order valence-electron chi connectivity index (χ2n) is 8.48. The van der Waals surface area contributed by atoms with Crippen molar-refractivity contribution < 1.29 is 19.1 Å². The highest BCUT2D eigenvalue weighted by atomic mass is 16.5. The molecule has 0 spiro atoms. The lowest BCUT2D eigenvalue weighted by Crippen LogP contribution is -2.42. The first kappa shape index (κ1) is 25.1. The Morgan fingerprint density at radius 3 is 2.28 bits per heavy atom. The molecule has 0 aliphatic carbocycles. The standard InChI is InChI=1S/C22H37N3O4/c1-17(2)13-18-7-6-8-19(14-18)25-21(27)16-29-12-11-28-15-20(26)23-9-10-24-22(3,4)5/h6-8,14,17,24H,9-13,15-16H2,1-5H3,(H,23,26)(H,25,27).